The molecule has 0 unspecified atom stereocenters. The largest absolute Gasteiger partial charge is 0.397 e. The van der Waals surface area contributed by atoms with Gasteiger partial charge in [0.15, 0.2) is 0 Å². The maximum absolute atomic E-state index is 6.02. The SMILES string of the molecule is Nc1ccc(-c2cnc3c(c2)c2nc4ccccc4nc2c2cccnc23)cc1N. The number of fused-ring (bicyclic) bond motifs is 7. The van der Waals surface area contributed by atoms with Crippen molar-refractivity contribution in [2.45, 2.75) is 0 Å². The van der Waals surface area contributed by atoms with Crippen LogP contribution in [0.15, 0.2) is 73.1 Å². The fraction of sp³-hybridized carbons (Fsp3) is 0. The summed E-state index contributed by atoms with van der Waals surface area (Å²) in [5, 5.41) is 1.84. The third-order valence-electron chi connectivity index (χ3n) is 5.42. The first kappa shape index (κ1) is 16.6. The van der Waals surface area contributed by atoms with Gasteiger partial charge in [0.2, 0.25) is 0 Å². The van der Waals surface area contributed by atoms with Crippen LogP contribution in [0.4, 0.5) is 11.4 Å². The van der Waals surface area contributed by atoms with Gasteiger partial charge < -0.3 is 11.5 Å². The predicted octanol–water partition coefficient (Wildman–Crippen LogP) is 4.71. The van der Waals surface area contributed by atoms with Crippen molar-refractivity contribution in [1.82, 2.24) is 19.9 Å². The Morgan fingerprint density at radius 1 is 0.567 bits per heavy atom. The number of hydrogen-bond acceptors (Lipinski definition) is 6. The Morgan fingerprint density at radius 3 is 2.07 bits per heavy atom. The Kier molecular flexibility index (Phi) is 3.37. The molecular formula is C24H16N6. The second kappa shape index (κ2) is 6.09. The zero-order chi connectivity index (χ0) is 20.2. The molecule has 142 valence electrons. The average Bonchev–Trinajstić information content (AvgIpc) is 2.79. The molecule has 0 atom stereocenters. The van der Waals surface area contributed by atoms with E-state index in [1.807, 2.05) is 60.8 Å². The smallest absolute Gasteiger partial charge is 0.0996 e. The summed E-state index contributed by atoms with van der Waals surface area (Å²) in [7, 11) is 0. The van der Waals surface area contributed by atoms with Crippen molar-refractivity contribution in [3.8, 4) is 11.1 Å². The molecule has 0 saturated heterocycles. The van der Waals surface area contributed by atoms with Gasteiger partial charge in [0.25, 0.3) is 0 Å². The molecule has 6 aromatic rings. The van der Waals surface area contributed by atoms with Crippen LogP contribution in [0.1, 0.15) is 0 Å². The first-order valence-corrected chi connectivity index (χ1v) is 9.57. The molecule has 0 amide bonds. The Labute approximate surface area is 171 Å². The highest BCUT2D eigenvalue weighted by atomic mass is 14.8. The number of hydrogen-bond donors (Lipinski definition) is 2. The van der Waals surface area contributed by atoms with E-state index in [4.69, 9.17) is 26.4 Å². The number of benzene rings is 3. The van der Waals surface area contributed by atoms with Gasteiger partial charge in [-0.15, -0.1) is 0 Å². The summed E-state index contributed by atoms with van der Waals surface area (Å²) in [5.41, 5.74) is 19.8. The lowest BCUT2D eigenvalue weighted by Gasteiger charge is -2.11. The van der Waals surface area contributed by atoms with Crippen LogP contribution in [0.5, 0.6) is 0 Å². The molecule has 0 bridgehead atoms. The highest BCUT2D eigenvalue weighted by Crippen LogP contribution is 2.34. The molecule has 4 N–H and O–H groups in total. The van der Waals surface area contributed by atoms with Crippen molar-refractivity contribution in [2.75, 3.05) is 11.5 Å². The fourth-order valence-electron chi connectivity index (χ4n) is 3.91. The molecule has 0 radical (unpaired) electrons. The number of rotatable bonds is 1. The van der Waals surface area contributed by atoms with Crippen LogP contribution in [0.2, 0.25) is 0 Å². The Balaban J connectivity index is 1.77. The predicted molar refractivity (Wildman–Crippen MR) is 122 cm³/mol. The van der Waals surface area contributed by atoms with E-state index in [2.05, 4.69) is 11.1 Å². The lowest BCUT2D eigenvalue weighted by Crippen LogP contribution is -1.96. The first-order valence-electron chi connectivity index (χ1n) is 9.57. The number of anilines is 2. The number of aromatic nitrogens is 4. The van der Waals surface area contributed by atoms with Gasteiger partial charge in [0.05, 0.1) is 44.5 Å². The number of nitrogen functional groups attached to an aromatic ring is 2. The highest BCUT2D eigenvalue weighted by Gasteiger charge is 2.15. The summed E-state index contributed by atoms with van der Waals surface area (Å²) in [6.07, 6.45) is 3.61. The van der Waals surface area contributed by atoms with E-state index in [-0.39, 0.29) is 0 Å². The van der Waals surface area contributed by atoms with Gasteiger partial charge in [-0.05, 0) is 48.0 Å². The molecule has 6 heteroatoms. The third kappa shape index (κ3) is 2.37. The van der Waals surface area contributed by atoms with Crippen LogP contribution in [0.25, 0.3) is 55.0 Å². The topological polar surface area (TPSA) is 104 Å². The van der Waals surface area contributed by atoms with Gasteiger partial charge in [-0.1, -0.05) is 18.2 Å². The van der Waals surface area contributed by atoms with Crippen LogP contribution in [0, 0.1) is 0 Å². The first-order chi connectivity index (χ1) is 14.7. The van der Waals surface area contributed by atoms with Crippen molar-refractivity contribution in [2.24, 2.45) is 0 Å². The molecular weight excluding hydrogens is 372 g/mol. The quantitative estimate of drug-likeness (QED) is 0.240. The van der Waals surface area contributed by atoms with Crippen LogP contribution in [-0.4, -0.2) is 19.9 Å². The van der Waals surface area contributed by atoms with Gasteiger partial charge >= 0.3 is 0 Å². The van der Waals surface area contributed by atoms with E-state index < -0.39 is 0 Å². The summed E-state index contributed by atoms with van der Waals surface area (Å²) in [5.74, 6) is 0. The summed E-state index contributed by atoms with van der Waals surface area (Å²) in [6.45, 7) is 0. The fourth-order valence-corrected chi connectivity index (χ4v) is 3.91. The number of para-hydroxylation sites is 2. The lowest BCUT2D eigenvalue weighted by molar-refractivity contribution is 1.36. The molecule has 30 heavy (non-hydrogen) atoms. The summed E-state index contributed by atoms with van der Waals surface area (Å²) in [4.78, 5) is 19.2. The van der Waals surface area contributed by atoms with Gasteiger partial charge in [-0.3, -0.25) is 9.97 Å². The molecule has 0 saturated carbocycles. The van der Waals surface area contributed by atoms with Crippen LogP contribution in [0.3, 0.4) is 0 Å². The van der Waals surface area contributed by atoms with Crippen molar-refractivity contribution in [3.05, 3.63) is 73.1 Å². The zero-order valence-corrected chi connectivity index (χ0v) is 15.9. The van der Waals surface area contributed by atoms with E-state index in [9.17, 15) is 0 Å². The molecule has 3 heterocycles. The Morgan fingerprint density at radius 2 is 1.30 bits per heavy atom. The minimum Gasteiger partial charge on any atom is -0.397 e. The summed E-state index contributed by atoms with van der Waals surface area (Å²) >= 11 is 0. The molecule has 6 rings (SSSR count). The van der Waals surface area contributed by atoms with E-state index in [1.165, 1.54) is 0 Å². The highest BCUT2D eigenvalue weighted by molar-refractivity contribution is 6.21. The van der Waals surface area contributed by atoms with Crippen molar-refractivity contribution in [3.63, 3.8) is 0 Å². The van der Waals surface area contributed by atoms with Gasteiger partial charge in [0, 0.05) is 28.7 Å². The van der Waals surface area contributed by atoms with Gasteiger partial charge in [-0.2, -0.15) is 0 Å². The molecule has 3 aromatic heterocycles. The Hall–Kier alpha value is -4.32. The van der Waals surface area contributed by atoms with E-state index in [1.54, 1.807) is 6.20 Å². The monoisotopic (exact) mass is 388 g/mol. The second-order valence-electron chi connectivity index (χ2n) is 7.27. The van der Waals surface area contributed by atoms with Crippen LogP contribution >= 0.6 is 0 Å². The molecule has 0 spiro atoms. The standard InChI is InChI=1S/C24H16N6/c25-17-8-7-13(11-18(17)26)14-10-16-22(28-12-14)21-15(4-3-9-27-21)23-24(16)30-20-6-2-1-5-19(20)29-23/h1-12H,25-26H2. The van der Waals surface area contributed by atoms with Gasteiger partial charge in [0.1, 0.15) is 0 Å². The lowest BCUT2D eigenvalue weighted by atomic mass is 10.0. The third-order valence-corrected chi connectivity index (χ3v) is 5.42. The molecule has 0 aliphatic carbocycles. The minimum atomic E-state index is 0.545. The number of nitrogens with zero attached hydrogens (tertiary/aromatic N) is 4. The minimum absolute atomic E-state index is 0.545. The van der Waals surface area contributed by atoms with E-state index in [0.717, 1.165) is 55.0 Å². The van der Waals surface area contributed by atoms with Crippen molar-refractivity contribution in [1.29, 1.82) is 0 Å². The van der Waals surface area contributed by atoms with Gasteiger partial charge in [-0.25, -0.2) is 9.97 Å². The second-order valence-corrected chi connectivity index (χ2v) is 7.27. The number of pyridine rings is 2. The van der Waals surface area contributed by atoms with Crippen LogP contribution < -0.4 is 11.5 Å². The van der Waals surface area contributed by atoms with Crippen molar-refractivity contribution >= 4 is 55.2 Å². The molecule has 0 aliphatic rings. The summed E-state index contributed by atoms with van der Waals surface area (Å²) < 4.78 is 0. The van der Waals surface area contributed by atoms with E-state index >= 15 is 0 Å². The zero-order valence-electron chi connectivity index (χ0n) is 15.9. The molecule has 0 aliphatic heterocycles. The van der Waals surface area contributed by atoms with Crippen LogP contribution in [-0.2, 0) is 0 Å². The average molecular weight is 388 g/mol. The maximum Gasteiger partial charge on any atom is 0.0996 e. The van der Waals surface area contributed by atoms with Crippen molar-refractivity contribution < 1.29 is 0 Å². The molecule has 6 nitrogen and oxygen atoms in total. The maximum atomic E-state index is 6.02. The normalized spacial score (nSPS) is 11.6. The molecule has 0 fully saturated rings. The van der Waals surface area contributed by atoms with E-state index in [0.29, 0.717) is 11.4 Å². The summed E-state index contributed by atoms with van der Waals surface area (Å²) in [6, 6.07) is 19.5. The molecule has 3 aromatic carbocycles. The Bertz CT molecular complexity index is 1620. The number of nitrogens with two attached hydrogens (primary N) is 2.